The van der Waals surface area contributed by atoms with Crippen LogP contribution in [0.1, 0.15) is 132 Å². The van der Waals surface area contributed by atoms with Gasteiger partial charge in [0, 0.05) is 39.4 Å². The predicted molar refractivity (Wildman–Crippen MR) is 243 cm³/mol. The zero-order valence-corrected chi connectivity index (χ0v) is 40.4. The molecule has 12 nitrogen and oxygen atoms in total. The lowest BCUT2D eigenvalue weighted by molar-refractivity contribution is -0.219. The van der Waals surface area contributed by atoms with E-state index in [1.807, 2.05) is 6.08 Å². The molecule has 13 heteroatoms. The molecule has 4 N–H and O–H groups in total. The molecule has 8 fully saturated rings. The van der Waals surface area contributed by atoms with Gasteiger partial charge in [-0.25, -0.2) is 4.39 Å². The summed E-state index contributed by atoms with van der Waals surface area (Å²) in [4.78, 5) is 63.1. The lowest BCUT2D eigenvalue weighted by atomic mass is 9.44. The second-order valence-corrected chi connectivity index (χ2v) is 23.6. The van der Waals surface area contributed by atoms with E-state index in [9.17, 15) is 44.4 Å². The zero-order chi connectivity index (χ0) is 48.4. The third-order valence-electron chi connectivity index (χ3n) is 20.3. The number of hydrogen-bond acceptors (Lipinski definition) is 12. The van der Waals surface area contributed by atoms with E-state index in [1.54, 1.807) is 52.8 Å². The zero-order valence-electron chi connectivity index (χ0n) is 40.4. The van der Waals surface area contributed by atoms with Crippen LogP contribution in [-0.4, -0.2) is 104 Å². The van der Waals surface area contributed by atoms with Gasteiger partial charge in [-0.1, -0.05) is 84.1 Å². The van der Waals surface area contributed by atoms with Crippen molar-refractivity contribution in [2.24, 2.45) is 69.0 Å². The molecule has 0 spiro atoms. The molecule has 0 aromatic rings. The number of carbonyl (C=O) groups is 5. The Morgan fingerprint density at radius 2 is 1.49 bits per heavy atom. The van der Waals surface area contributed by atoms with Crippen molar-refractivity contribution < 1.29 is 63.0 Å². The number of alkyl halides is 1. The first-order valence-corrected chi connectivity index (χ1v) is 25.3. The fraction of sp³-hybridized carbons (Fsp3) is 0.759. The van der Waals surface area contributed by atoms with Crippen molar-refractivity contribution >= 4 is 29.1 Å². The van der Waals surface area contributed by atoms with Crippen molar-refractivity contribution in [3.05, 3.63) is 47.6 Å². The molecule has 17 atom stereocenters. The monoisotopic (exact) mass is 933 g/mol. The summed E-state index contributed by atoms with van der Waals surface area (Å²) in [5, 5.41) is 43.8. The van der Waals surface area contributed by atoms with Crippen LogP contribution in [0.2, 0.25) is 0 Å². The fourth-order valence-electron chi connectivity index (χ4n) is 16.9. The molecular formula is C54H73FO12. The summed E-state index contributed by atoms with van der Waals surface area (Å²) < 4.78 is 35.9. The van der Waals surface area contributed by atoms with Crippen LogP contribution in [0.25, 0.3) is 0 Å². The molecule has 1 aliphatic heterocycles. The Morgan fingerprint density at radius 1 is 0.836 bits per heavy atom. The summed E-state index contributed by atoms with van der Waals surface area (Å²) in [6, 6.07) is 0. The van der Waals surface area contributed by atoms with E-state index in [0.717, 1.165) is 44.1 Å². The molecule has 0 bridgehead atoms. The number of allylic oxidation sites excluding steroid dienone is 8. The lowest BCUT2D eigenvalue weighted by Gasteiger charge is -2.62. The van der Waals surface area contributed by atoms with E-state index in [-0.39, 0.29) is 71.3 Å². The third-order valence-corrected chi connectivity index (χ3v) is 20.3. The molecular weight excluding hydrogens is 860 g/mol. The minimum atomic E-state index is -1.98. The molecule has 0 amide bonds. The van der Waals surface area contributed by atoms with Crippen molar-refractivity contribution in [1.29, 1.82) is 0 Å². The van der Waals surface area contributed by atoms with Gasteiger partial charge < -0.3 is 34.6 Å². The summed E-state index contributed by atoms with van der Waals surface area (Å²) in [6.45, 7) is 11.9. The molecule has 1 saturated heterocycles. The normalized spacial score (nSPS) is 48.3. The van der Waals surface area contributed by atoms with Gasteiger partial charge in [-0.3, -0.25) is 24.0 Å². The molecule has 10 aliphatic rings. The summed E-state index contributed by atoms with van der Waals surface area (Å²) in [5.41, 5.74) is -6.36. The molecule has 1 heterocycles. The molecule has 7 saturated carbocycles. The van der Waals surface area contributed by atoms with E-state index in [1.165, 1.54) is 18.6 Å². The average Bonchev–Trinajstić information content (AvgIpc) is 3.87. The number of carbonyl (C=O) groups excluding carboxylic acids is 5. The van der Waals surface area contributed by atoms with E-state index in [2.05, 4.69) is 13.8 Å². The maximum Gasteiger partial charge on any atom is 0.308 e. The number of aliphatic hydroxyl groups excluding tert-OH is 3. The minimum Gasteiger partial charge on any atom is -0.457 e. The molecule has 368 valence electrons. The van der Waals surface area contributed by atoms with Gasteiger partial charge in [0.2, 0.25) is 5.78 Å². The van der Waals surface area contributed by atoms with Gasteiger partial charge in [-0.2, -0.15) is 0 Å². The van der Waals surface area contributed by atoms with Crippen molar-refractivity contribution in [2.45, 2.75) is 173 Å². The van der Waals surface area contributed by atoms with Crippen LogP contribution in [0.4, 0.5) is 4.39 Å². The average molecular weight is 933 g/mol. The number of rotatable bonds is 7. The Hall–Kier alpha value is -3.20. The number of fused-ring (bicyclic) bond motifs is 12. The number of Topliss-reactive ketones (excluding diaryl/α,β-unsaturated/α-hetero) is 2. The number of halogens is 1. The van der Waals surface area contributed by atoms with Crippen molar-refractivity contribution in [3.8, 4) is 0 Å². The number of hydrogen-bond donors (Lipinski definition) is 4. The van der Waals surface area contributed by atoms with Crippen molar-refractivity contribution in [1.82, 2.24) is 0 Å². The number of aliphatic hydroxyl groups is 4. The minimum absolute atomic E-state index is 0.0162. The molecule has 67 heavy (non-hydrogen) atoms. The van der Waals surface area contributed by atoms with Crippen LogP contribution in [-0.2, 0) is 38.2 Å². The van der Waals surface area contributed by atoms with Crippen LogP contribution >= 0.6 is 0 Å². The number of esters is 1. The Morgan fingerprint density at radius 3 is 2.16 bits per heavy atom. The maximum absolute atomic E-state index is 16.9. The first-order valence-electron chi connectivity index (χ1n) is 25.3. The maximum atomic E-state index is 16.9. The Balaban J connectivity index is 0.000000177. The van der Waals surface area contributed by atoms with Crippen LogP contribution < -0.4 is 0 Å². The van der Waals surface area contributed by atoms with Gasteiger partial charge in [0.1, 0.15) is 12.2 Å². The van der Waals surface area contributed by atoms with E-state index < -0.39 is 87.9 Å². The third kappa shape index (κ3) is 6.72. The van der Waals surface area contributed by atoms with Crippen LogP contribution in [0.15, 0.2) is 47.6 Å². The van der Waals surface area contributed by atoms with Gasteiger partial charge in [-0.15, -0.1) is 0 Å². The van der Waals surface area contributed by atoms with Crippen LogP contribution in [0, 0.1) is 69.0 Å². The SMILES string of the molecule is CC(C)C(=O)OCC(=O)[C@@]12O[C@H](C3CCCCC3)O[C@@H]1C[C@H]1[C@@H]3CCC4=CC(=O)C=C[C@]4(C)[C@H]3[C@@H](O)C[C@@]12C.C[C@H]1C[C@H]2[C@@H]3CCC4=CC(=O)C=C[C@]4(C)[C@@]3(F)[C@@H](O)C[C@]2(C)[C@@]1(O)C(=O)CO. The van der Waals surface area contributed by atoms with Crippen LogP contribution in [0.3, 0.4) is 0 Å². The Bertz CT molecular complexity index is 2210. The van der Waals surface area contributed by atoms with Gasteiger partial charge in [0.25, 0.3) is 0 Å². The predicted octanol–water partition coefficient (Wildman–Crippen LogP) is 6.60. The highest BCUT2D eigenvalue weighted by Gasteiger charge is 2.78. The summed E-state index contributed by atoms with van der Waals surface area (Å²) in [7, 11) is 0. The van der Waals surface area contributed by atoms with Gasteiger partial charge in [0.15, 0.2) is 41.5 Å². The summed E-state index contributed by atoms with van der Waals surface area (Å²) in [5.74, 6) is -2.59. The van der Waals surface area contributed by atoms with Crippen molar-refractivity contribution in [3.63, 3.8) is 0 Å². The second-order valence-electron chi connectivity index (χ2n) is 23.6. The topological polar surface area (TPSA) is 194 Å². The lowest BCUT2D eigenvalue weighted by Crippen LogP contribution is -2.69. The highest BCUT2D eigenvalue weighted by Crippen LogP contribution is 2.72. The first kappa shape index (κ1) is 48.8. The molecule has 0 aromatic heterocycles. The van der Waals surface area contributed by atoms with Gasteiger partial charge in [0.05, 0.1) is 24.2 Å². The summed E-state index contributed by atoms with van der Waals surface area (Å²) in [6.07, 6.45) is 16.6. The molecule has 10 rings (SSSR count). The number of ether oxygens (including phenoxy) is 3. The number of ketones is 4. The summed E-state index contributed by atoms with van der Waals surface area (Å²) >= 11 is 0. The first-order chi connectivity index (χ1) is 31.5. The highest BCUT2D eigenvalue weighted by molar-refractivity contribution is 6.02. The van der Waals surface area contributed by atoms with Gasteiger partial charge >= 0.3 is 5.97 Å². The standard InChI is InChI=1S/C32H44O7.C22H29FO5/c1-18(2)28(36)37-17-25(35)32-26(38-29(39-32)19-8-6-5-7-9-19)15-23-22-11-10-20-14-21(33)12-13-30(20,3)27(22)24(34)16-31(23,32)4;1-12-8-16-15-5-4-13-9-14(25)6-7-19(13,2)21(15,23)17(26)10-20(16,3)22(12,28)18(27)11-24/h12-14,18-19,22-24,26-27,29,34H,5-11,15-17H2,1-4H3;6-7,9,12,15-17,24,26,28H,4-5,8,10-11H2,1-3H3/t22-,23-,24-,26+,27+,29+,30-,31-,32+;12-,15-,16-,17-,19-,20-,21-,22-/m00/s1. The largest absolute Gasteiger partial charge is 0.457 e. The molecule has 9 aliphatic carbocycles. The van der Waals surface area contributed by atoms with Gasteiger partial charge in [-0.05, 0) is 119 Å². The Labute approximate surface area is 394 Å². The molecule has 0 aromatic carbocycles. The fourth-order valence-corrected chi connectivity index (χ4v) is 16.9. The molecule has 0 unspecified atom stereocenters. The van der Waals surface area contributed by atoms with Crippen LogP contribution in [0.5, 0.6) is 0 Å². The second kappa shape index (κ2) is 16.7. The smallest absolute Gasteiger partial charge is 0.308 e. The van der Waals surface area contributed by atoms with E-state index in [4.69, 9.17) is 14.2 Å². The van der Waals surface area contributed by atoms with E-state index >= 15 is 4.39 Å². The Kier molecular flexibility index (Phi) is 12.2. The highest BCUT2D eigenvalue weighted by atomic mass is 19.1. The van der Waals surface area contributed by atoms with Crippen molar-refractivity contribution in [2.75, 3.05) is 13.2 Å². The molecule has 0 radical (unpaired) electrons. The van der Waals surface area contributed by atoms with E-state index in [0.29, 0.717) is 37.7 Å². The quantitative estimate of drug-likeness (QED) is 0.200.